The zero-order valence-electron chi connectivity index (χ0n) is 14.4. The van der Waals surface area contributed by atoms with Gasteiger partial charge in [-0.3, -0.25) is 0 Å². The van der Waals surface area contributed by atoms with E-state index in [0.717, 1.165) is 24.8 Å². The van der Waals surface area contributed by atoms with Crippen LogP contribution in [0.5, 0.6) is 0 Å². The van der Waals surface area contributed by atoms with E-state index in [0.29, 0.717) is 32.1 Å². The van der Waals surface area contributed by atoms with Crippen LogP contribution in [-0.4, -0.2) is 50.3 Å². The molecule has 24 heavy (non-hydrogen) atoms. The molecule has 3 rings (SSSR count). The molecular weight excluding hydrogens is 346 g/mol. The lowest BCUT2D eigenvalue weighted by Crippen LogP contribution is -2.52. The second-order valence-electron chi connectivity index (χ2n) is 6.66. The van der Waals surface area contributed by atoms with Crippen molar-refractivity contribution in [3.8, 4) is 0 Å². The summed E-state index contributed by atoms with van der Waals surface area (Å²) >= 11 is 0. The predicted molar refractivity (Wildman–Crippen MR) is 99.7 cm³/mol. The summed E-state index contributed by atoms with van der Waals surface area (Å²) in [4.78, 5) is 0. The summed E-state index contributed by atoms with van der Waals surface area (Å²) in [6.45, 7) is 4.67. The van der Waals surface area contributed by atoms with Gasteiger partial charge in [0.25, 0.3) is 10.2 Å². The van der Waals surface area contributed by atoms with Crippen LogP contribution in [0.25, 0.3) is 0 Å². The van der Waals surface area contributed by atoms with Crippen LogP contribution in [0.2, 0.25) is 0 Å². The highest BCUT2D eigenvalue weighted by atomic mass is 35.5. The Hall–Kier alpha value is -0.660. The number of halogens is 1. The van der Waals surface area contributed by atoms with E-state index in [1.165, 1.54) is 5.56 Å². The molecule has 1 saturated heterocycles. The lowest BCUT2D eigenvalue weighted by molar-refractivity contribution is 0.251. The fourth-order valence-corrected chi connectivity index (χ4v) is 4.76. The minimum absolute atomic E-state index is 0. The number of hydrogen-bond donors (Lipinski definition) is 1. The third-order valence-electron chi connectivity index (χ3n) is 4.87. The molecule has 1 aliphatic carbocycles. The molecule has 1 unspecified atom stereocenters. The number of rotatable bonds is 6. The van der Waals surface area contributed by atoms with Crippen LogP contribution in [-0.2, 0) is 16.6 Å². The lowest BCUT2D eigenvalue weighted by atomic mass is 10.0. The molecule has 1 aromatic carbocycles. The summed E-state index contributed by atoms with van der Waals surface area (Å²) in [5, 5.41) is 3.33. The zero-order chi connectivity index (χ0) is 16.4. The maximum atomic E-state index is 13.0. The van der Waals surface area contributed by atoms with E-state index >= 15 is 0 Å². The second-order valence-corrected chi connectivity index (χ2v) is 8.65. The molecule has 0 bridgehead atoms. The number of aryl methyl sites for hydroxylation is 1. The molecule has 0 amide bonds. The lowest BCUT2D eigenvalue weighted by Gasteiger charge is -2.37. The molecule has 1 atom stereocenters. The fourth-order valence-electron chi connectivity index (χ4n) is 3.16. The van der Waals surface area contributed by atoms with Gasteiger partial charge in [0.1, 0.15) is 0 Å². The van der Waals surface area contributed by atoms with Crippen molar-refractivity contribution < 1.29 is 8.42 Å². The van der Waals surface area contributed by atoms with Crippen LogP contribution >= 0.6 is 12.4 Å². The number of nitrogens with one attached hydrogen (secondary N) is 1. The van der Waals surface area contributed by atoms with Crippen LogP contribution in [0.3, 0.4) is 0 Å². The minimum atomic E-state index is -3.40. The van der Waals surface area contributed by atoms with Gasteiger partial charge in [-0.1, -0.05) is 31.2 Å². The molecule has 0 spiro atoms. The SMILES string of the molecule is CCc1ccc(C2CNCCN2S(=O)(=O)N(C)CC2CC2)cc1.Cl. The number of hydrogen-bond acceptors (Lipinski definition) is 3. The van der Waals surface area contributed by atoms with Crippen molar-refractivity contribution in [1.82, 2.24) is 13.9 Å². The Morgan fingerprint density at radius 3 is 2.50 bits per heavy atom. The van der Waals surface area contributed by atoms with Gasteiger partial charge < -0.3 is 5.32 Å². The quantitative estimate of drug-likeness (QED) is 0.831. The van der Waals surface area contributed by atoms with Gasteiger partial charge in [0.2, 0.25) is 0 Å². The van der Waals surface area contributed by atoms with E-state index in [1.807, 2.05) is 0 Å². The average Bonchev–Trinajstić information content (AvgIpc) is 3.39. The van der Waals surface area contributed by atoms with E-state index in [-0.39, 0.29) is 18.4 Å². The molecule has 1 aromatic rings. The first kappa shape index (κ1) is 19.7. The number of nitrogens with zero attached hydrogens (tertiary/aromatic N) is 2. The van der Waals surface area contributed by atoms with Crippen LogP contribution in [0.15, 0.2) is 24.3 Å². The Kier molecular flexibility index (Phi) is 6.67. The highest BCUT2D eigenvalue weighted by Crippen LogP contribution is 2.32. The zero-order valence-corrected chi connectivity index (χ0v) is 16.1. The monoisotopic (exact) mass is 373 g/mol. The van der Waals surface area contributed by atoms with Crippen molar-refractivity contribution in [3.05, 3.63) is 35.4 Å². The van der Waals surface area contributed by atoms with E-state index in [4.69, 9.17) is 0 Å². The summed E-state index contributed by atoms with van der Waals surface area (Å²) in [6.07, 6.45) is 3.31. The van der Waals surface area contributed by atoms with Gasteiger partial charge in [-0.25, -0.2) is 0 Å². The summed E-state index contributed by atoms with van der Waals surface area (Å²) < 4.78 is 29.2. The highest BCUT2D eigenvalue weighted by Gasteiger charge is 2.37. The van der Waals surface area contributed by atoms with Gasteiger partial charge in [0.15, 0.2) is 0 Å². The van der Waals surface area contributed by atoms with Crippen molar-refractivity contribution in [2.75, 3.05) is 33.2 Å². The maximum absolute atomic E-state index is 13.0. The first-order chi connectivity index (χ1) is 11.0. The molecule has 1 aliphatic heterocycles. The van der Waals surface area contributed by atoms with Gasteiger partial charge >= 0.3 is 0 Å². The third-order valence-corrected chi connectivity index (χ3v) is 6.84. The fraction of sp³-hybridized carbons (Fsp3) is 0.647. The van der Waals surface area contributed by atoms with Gasteiger partial charge in [0, 0.05) is 33.2 Å². The molecule has 2 fully saturated rings. The maximum Gasteiger partial charge on any atom is 0.282 e. The van der Waals surface area contributed by atoms with Gasteiger partial charge in [-0.05, 0) is 36.3 Å². The van der Waals surface area contributed by atoms with Crippen molar-refractivity contribution in [3.63, 3.8) is 0 Å². The minimum Gasteiger partial charge on any atom is -0.313 e. The Labute approximate surface area is 152 Å². The molecule has 0 aromatic heterocycles. The van der Waals surface area contributed by atoms with Crippen LogP contribution in [0.4, 0.5) is 0 Å². The second kappa shape index (κ2) is 8.15. The van der Waals surface area contributed by atoms with E-state index in [2.05, 4.69) is 36.5 Å². The summed E-state index contributed by atoms with van der Waals surface area (Å²) in [5.74, 6) is 0.556. The van der Waals surface area contributed by atoms with Crippen molar-refractivity contribution >= 4 is 22.6 Å². The van der Waals surface area contributed by atoms with Crippen LogP contribution in [0, 0.1) is 5.92 Å². The topological polar surface area (TPSA) is 52.7 Å². The largest absolute Gasteiger partial charge is 0.313 e. The molecule has 0 radical (unpaired) electrons. The highest BCUT2D eigenvalue weighted by molar-refractivity contribution is 7.86. The van der Waals surface area contributed by atoms with E-state index in [9.17, 15) is 8.42 Å². The number of benzene rings is 1. The molecule has 1 N–H and O–H groups in total. The van der Waals surface area contributed by atoms with Gasteiger partial charge in [-0.2, -0.15) is 17.0 Å². The normalized spacial score (nSPS) is 22.4. The average molecular weight is 374 g/mol. The smallest absolute Gasteiger partial charge is 0.282 e. The molecule has 5 nitrogen and oxygen atoms in total. The van der Waals surface area contributed by atoms with E-state index < -0.39 is 10.2 Å². The summed E-state index contributed by atoms with van der Waals surface area (Å²) in [6, 6.07) is 8.21. The molecular formula is C17H28ClN3O2S. The first-order valence-electron chi connectivity index (χ1n) is 8.55. The predicted octanol–water partition coefficient (Wildman–Crippen LogP) is 2.20. The van der Waals surface area contributed by atoms with E-state index in [1.54, 1.807) is 15.7 Å². The summed E-state index contributed by atoms with van der Waals surface area (Å²) in [5.41, 5.74) is 2.34. The molecule has 1 heterocycles. The third kappa shape index (κ3) is 4.29. The Balaban J connectivity index is 0.00000208. The standard InChI is InChI=1S/C17H27N3O2S.ClH/c1-3-14-6-8-16(9-7-14)17-12-18-10-11-20(17)23(21,22)19(2)13-15-4-5-15;/h6-9,15,17-18H,3-5,10-13H2,1-2H3;1H. The van der Waals surface area contributed by atoms with Crippen molar-refractivity contribution in [2.45, 2.75) is 32.2 Å². The molecule has 136 valence electrons. The Morgan fingerprint density at radius 1 is 1.25 bits per heavy atom. The van der Waals surface area contributed by atoms with Crippen LogP contribution < -0.4 is 5.32 Å². The Morgan fingerprint density at radius 2 is 1.92 bits per heavy atom. The number of piperazine rings is 1. The van der Waals surface area contributed by atoms with Crippen molar-refractivity contribution in [2.24, 2.45) is 5.92 Å². The summed E-state index contributed by atoms with van der Waals surface area (Å²) in [7, 11) is -1.69. The molecule has 2 aliphatic rings. The molecule has 1 saturated carbocycles. The Bertz CT molecular complexity index is 632. The van der Waals surface area contributed by atoms with Gasteiger partial charge in [0.05, 0.1) is 6.04 Å². The van der Waals surface area contributed by atoms with Crippen molar-refractivity contribution in [1.29, 1.82) is 0 Å². The van der Waals surface area contributed by atoms with Gasteiger partial charge in [-0.15, -0.1) is 12.4 Å². The molecule has 7 heteroatoms. The first-order valence-corrected chi connectivity index (χ1v) is 9.94. The van der Waals surface area contributed by atoms with Crippen LogP contribution in [0.1, 0.15) is 36.9 Å².